The summed E-state index contributed by atoms with van der Waals surface area (Å²) in [5.41, 5.74) is 3.96. The van der Waals surface area contributed by atoms with Crippen LogP contribution in [-0.2, 0) is 4.79 Å². The summed E-state index contributed by atoms with van der Waals surface area (Å²) in [4.78, 5) is 17.0. The van der Waals surface area contributed by atoms with Crippen molar-refractivity contribution >= 4 is 11.6 Å². The van der Waals surface area contributed by atoms with E-state index < -0.39 is 0 Å². The van der Waals surface area contributed by atoms with Gasteiger partial charge in [-0.15, -0.1) is 0 Å². The fourth-order valence-electron chi connectivity index (χ4n) is 4.86. The maximum absolute atomic E-state index is 13.2. The zero-order valence-corrected chi connectivity index (χ0v) is 13.8. The molecule has 2 fully saturated rings. The van der Waals surface area contributed by atoms with Gasteiger partial charge in [-0.1, -0.05) is 30.5 Å². The molecule has 1 N–H and O–H groups in total. The van der Waals surface area contributed by atoms with Gasteiger partial charge in [-0.3, -0.25) is 4.79 Å². The standard InChI is InChI=1S/C19H26N2O/c1-13-7-8-17-15(11-13)16-12-20(2)10-9-18(16)21(17)19(22)14-5-3-4-6-14/h7-8,11,14,16,18H,3-6,9-10,12H2,1-2H3/p+1/t16-,18-/m0/s1. The number of piperidine rings is 1. The first kappa shape index (κ1) is 14.3. The summed E-state index contributed by atoms with van der Waals surface area (Å²) >= 11 is 0. The smallest absolute Gasteiger partial charge is 0.230 e. The lowest BCUT2D eigenvalue weighted by atomic mass is 9.88. The second kappa shape index (κ2) is 5.38. The van der Waals surface area contributed by atoms with E-state index in [0.717, 1.165) is 25.8 Å². The Morgan fingerprint density at radius 3 is 2.77 bits per heavy atom. The summed E-state index contributed by atoms with van der Waals surface area (Å²) in [7, 11) is 2.28. The Labute approximate surface area is 133 Å². The Hall–Kier alpha value is -1.35. The highest BCUT2D eigenvalue weighted by Gasteiger charge is 2.46. The van der Waals surface area contributed by atoms with Crippen LogP contribution in [0.3, 0.4) is 0 Å². The number of likely N-dealkylation sites (N-methyl/N-ethyl adjacent to an activating group) is 1. The SMILES string of the molecule is Cc1ccc2c(c1)[C@@H]1C[NH+](C)CC[C@@H]1N2C(=O)C1CCCC1. The summed E-state index contributed by atoms with van der Waals surface area (Å²) in [5, 5.41) is 0. The minimum atomic E-state index is 0.278. The summed E-state index contributed by atoms with van der Waals surface area (Å²) in [6.45, 7) is 4.51. The number of rotatable bonds is 1. The van der Waals surface area contributed by atoms with Gasteiger partial charge in [-0.2, -0.15) is 0 Å². The number of likely N-dealkylation sites (tertiary alicyclic amines) is 1. The molecular weight excluding hydrogens is 272 g/mol. The number of amides is 1. The van der Waals surface area contributed by atoms with Crippen LogP contribution in [0.2, 0.25) is 0 Å². The fraction of sp³-hybridized carbons (Fsp3) is 0.632. The molecule has 22 heavy (non-hydrogen) atoms. The number of anilines is 1. The Balaban J connectivity index is 1.73. The average Bonchev–Trinajstić information content (AvgIpc) is 3.13. The molecule has 0 spiro atoms. The van der Waals surface area contributed by atoms with Crippen molar-refractivity contribution in [1.29, 1.82) is 0 Å². The van der Waals surface area contributed by atoms with Gasteiger partial charge >= 0.3 is 0 Å². The topological polar surface area (TPSA) is 24.8 Å². The van der Waals surface area contributed by atoms with Crippen LogP contribution in [0.25, 0.3) is 0 Å². The van der Waals surface area contributed by atoms with Crippen molar-refractivity contribution in [3.63, 3.8) is 0 Å². The van der Waals surface area contributed by atoms with Crippen LogP contribution >= 0.6 is 0 Å². The van der Waals surface area contributed by atoms with E-state index >= 15 is 0 Å². The largest absolute Gasteiger partial charge is 0.337 e. The lowest BCUT2D eigenvalue weighted by molar-refractivity contribution is -0.886. The zero-order chi connectivity index (χ0) is 15.3. The first-order chi connectivity index (χ1) is 10.6. The molecule has 3 aliphatic rings. The summed E-state index contributed by atoms with van der Waals surface area (Å²) in [6.07, 6.45) is 5.79. The lowest BCUT2D eigenvalue weighted by Gasteiger charge is -2.35. The van der Waals surface area contributed by atoms with Crippen LogP contribution in [-0.4, -0.2) is 32.1 Å². The number of hydrogen-bond donors (Lipinski definition) is 1. The molecule has 118 valence electrons. The Kier molecular flexibility index (Phi) is 3.48. The summed E-state index contributed by atoms with van der Waals surface area (Å²) in [5.74, 6) is 1.23. The van der Waals surface area contributed by atoms with Gasteiger partial charge in [0.05, 0.1) is 32.1 Å². The molecule has 1 amide bonds. The van der Waals surface area contributed by atoms with Gasteiger partial charge < -0.3 is 9.80 Å². The van der Waals surface area contributed by atoms with Crippen molar-refractivity contribution < 1.29 is 9.69 Å². The number of carbonyl (C=O) groups excluding carboxylic acids is 1. The van der Waals surface area contributed by atoms with Gasteiger partial charge in [0.25, 0.3) is 0 Å². The molecule has 4 rings (SSSR count). The van der Waals surface area contributed by atoms with Crippen LogP contribution < -0.4 is 9.80 Å². The number of nitrogens with one attached hydrogen (secondary N) is 1. The molecule has 3 heteroatoms. The fourth-order valence-corrected chi connectivity index (χ4v) is 4.86. The van der Waals surface area contributed by atoms with Gasteiger partial charge in [-0.25, -0.2) is 0 Å². The molecule has 1 aliphatic carbocycles. The maximum Gasteiger partial charge on any atom is 0.230 e. The van der Waals surface area contributed by atoms with Crippen LogP contribution in [0, 0.1) is 12.8 Å². The van der Waals surface area contributed by atoms with Gasteiger partial charge in [0.2, 0.25) is 5.91 Å². The van der Waals surface area contributed by atoms with Gasteiger partial charge in [0.15, 0.2) is 0 Å². The van der Waals surface area contributed by atoms with E-state index in [9.17, 15) is 4.79 Å². The minimum absolute atomic E-state index is 0.278. The number of benzene rings is 1. The van der Waals surface area contributed by atoms with Crippen molar-refractivity contribution in [3.8, 4) is 0 Å². The number of nitrogens with zero attached hydrogens (tertiary/aromatic N) is 1. The summed E-state index contributed by atoms with van der Waals surface area (Å²) in [6, 6.07) is 7.11. The van der Waals surface area contributed by atoms with Crippen molar-refractivity contribution in [2.45, 2.75) is 51.0 Å². The molecule has 3 atom stereocenters. The second-order valence-electron chi connectivity index (χ2n) is 7.63. The quantitative estimate of drug-likeness (QED) is 0.842. The number of carbonyl (C=O) groups is 1. The van der Waals surface area contributed by atoms with Crippen molar-refractivity contribution in [2.75, 3.05) is 25.0 Å². The monoisotopic (exact) mass is 299 g/mol. The Morgan fingerprint density at radius 2 is 2.00 bits per heavy atom. The highest BCUT2D eigenvalue weighted by atomic mass is 16.2. The Morgan fingerprint density at radius 1 is 1.23 bits per heavy atom. The minimum Gasteiger partial charge on any atom is -0.337 e. The number of fused-ring (bicyclic) bond motifs is 3. The molecule has 1 aromatic carbocycles. The normalized spacial score (nSPS) is 31.2. The summed E-state index contributed by atoms with van der Waals surface area (Å²) < 4.78 is 0. The third kappa shape index (κ3) is 2.18. The van der Waals surface area contributed by atoms with Gasteiger partial charge in [0.1, 0.15) is 0 Å². The van der Waals surface area contributed by atoms with Crippen LogP contribution in [0.4, 0.5) is 5.69 Å². The molecule has 1 aromatic rings. The average molecular weight is 299 g/mol. The number of hydrogen-bond acceptors (Lipinski definition) is 1. The molecule has 0 bridgehead atoms. The predicted octanol–water partition coefficient (Wildman–Crippen LogP) is 1.90. The number of aryl methyl sites for hydroxylation is 1. The molecule has 0 radical (unpaired) electrons. The van der Waals surface area contributed by atoms with E-state index in [2.05, 4.69) is 37.1 Å². The Bertz CT molecular complexity index is 591. The number of quaternary nitrogens is 1. The van der Waals surface area contributed by atoms with Crippen LogP contribution in [0.15, 0.2) is 18.2 Å². The molecule has 2 heterocycles. The highest BCUT2D eigenvalue weighted by Crippen LogP contribution is 2.44. The van der Waals surface area contributed by atoms with Gasteiger partial charge in [0, 0.05) is 18.0 Å². The van der Waals surface area contributed by atoms with Crippen LogP contribution in [0.5, 0.6) is 0 Å². The van der Waals surface area contributed by atoms with E-state index in [-0.39, 0.29) is 5.92 Å². The van der Waals surface area contributed by atoms with Crippen molar-refractivity contribution in [3.05, 3.63) is 29.3 Å². The van der Waals surface area contributed by atoms with E-state index in [1.807, 2.05) is 0 Å². The van der Waals surface area contributed by atoms with Crippen molar-refractivity contribution in [1.82, 2.24) is 0 Å². The van der Waals surface area contributed by atoms with E-state index in [4.69, 9.17) is 0 Å². The molecule has 3 nitrogen and oxygen atoms in total. The molecular formula is C19H27N2O+. The van der Waals surface area contributed by atoms with E-state index in [1.54, 1.807) is 4.90 Å². The third-order valence-electron chi connectivity index (χ3n) is 6.02. The third-order valence-corrected chi connectivity index (χ3v) is 6.02. The zero-order valence-electron chi connectivity index (χ0n) is 13.8. The van der Waals surface area contributed by atoms with Crippen molar-refractivity contribution in [2.24, 2.45) is 5.92 Å². The van der Waals surface area contributed by atoms with E-state index in [1.165, 1.54) is 36.2 Å². The predicted molar refractivity (Wildman–Crippen MR) is 88.4 cm³/mol. The lowest BCUT2D eigenvalue weighted by Crippen LogP contribution is -3.11. The maximum atomic E-state index is 13.2. The van der Waals surface area contributed by atoms with Gasteiger partial charge in [-0.05, 0) is 31.4 Å². The molecule has 1 saturated carbocycles. The second-order valence-corrected chi connectivity index (χ2v) is 7.63. The highest BCUT2D eigenvalue weighted by molar-refractivity contribution is 5.98. The molecule has 2 aliphatic heterocycles. The molecule has 1 unspecified atom stereocenters. The molecule has 1 saturated heterocycles. The molecule has 0 aromatic heterocycles. The van der Waals surface area contributed by atoms with E-state index in [0.29, 0.717) is 17.9 Å². The van der Waals surface area contributed by atoms with Crippen LogP contribution in [0.1, 0.15) is 49.1 Å². The first-order valence-electron chi connectivity index (χ1n) is 8.90. The first-order valence-corrected chi connectivity index (χ1v) is 8.90.